The van der Waals surface area contributed by atoms with Gasteiger partial charge in [-0.1, -0.05) is 12.2 Å². The van der Waals surface area contributed by atoms with Crippen molar-refractivity contribution in [1.29, 1.82) is 0 Å². The second kappa shape index (κ2) is 13.0. The van der Waals surface area contributed by atoms with Gasteiger partial charge in [0.2, 0.25) is 17.7 Å². The van der Waals surface area contributed by atoms with Crippen LogP contribution in [0.3, 0.4) is 0 Å². The van der Waals surface area contributed by atoms with Crippen LogP contribution in [0.5, 0.6) is 11.6 Å². The van der Waals surface area contributed by atoms with E-state index in [0.717, 1.165) is 10.8 Å². The summed E-state index contributed by atoms with van der Waals surface area (Å²) in [5, 5.41) is 7.30. The summed E-state index contributed by atoms with van der Waals surface area (Å²) in [7, 11) is 1.59. The third-order valence-electron chi connectivity index (χ3n) is 8.40. The molecule has 0 unspecified atom stereocenters. The molecule has 3 aliphatic rings. The Labute approximate surface area is 262 Å². The van der Waals surface area contributed by atoms with E-state index in [1.165, 1.54) is 11.8 Å². The number of nitrogens with zero attached hydrogens (tertiary/aromatic N) is 2. The van der Waals surface area contributed by atoms with Crippen molar-refractivity contribution in [2.75, 3.05) is 26.9 Å². The highest BCUT2D eigenvalue weighted by molar-refractivity contribution is 5.98. The number of hydrogen-bond donors (Lipinski definition) is 2. The van der Waals surface area contributed by atoms with E-state index in [0.29, 0.717) is 37.7 Å². The third kappa shape index (κ3) is 7.38. The van der Waals surface area contributed by atoms with Crippen molar-refractivity contribution >= 4 is 34.5 Å². The number of alkyl carbamates (subject to hydrolysis) is 1. The van der Waals surface area contributed by atoms with E-state index in [-0.39, 0.29) is 31.1 Å². The van der Waals surface area contributed by atoms with E-state index in [1.54, 1.807) is 34.1 Å². The van der Waals surface area contributed by atoms with Crippen molar-refractivity contribution < 1.29 is 38.1 Å². The Bertz CT molecular complexity index is 1490. The lowest BCUT2D eigenvalue weighted by Crippen LogP contribution is -2.56. The van der Waals surface area contributed by atoms with Gasteiger partial charge in [0.15, 0.2) is 5.78 Å². The van der Waals surface area contributed by atoms with E-state index >= 15 is 0 Å². The average Bonchev–Trinajstić information content (AvgIpc) is 3.51. The normalized spacial score (nSPS) is 27.4. The van der Waals surface area contributed by atoms with Gasteiger partial charge in [-0.15, -0.1) is 0 Å². The quantitative estimate of drug-likeness (QED) is 0.480. The number of carbonyl (C=O) groups is 4. The molecule has 12 nitrogen and oxygen atoms in total. The van der Waals surface area contributed by atoms with Crippen LogP contribution in [0.2, 0.25) is 0 Å². The first-order chi connectivity index (χ1) is 21.4. The van der Waals surface area contributed by atoms with Crippen molar-refractivity contribution in [2.45, 2.75) is 82.7 Å². The zero-order chi connectivity index (χ0) is 32.4. The highest BCUT2D eigenvalue weighted by atomic mass is 16.6. The second-order valence-corrected chi connectivity index (χ2v) is 12.9. The van der Waals surface area contributed by atoms with Gasteiger partial charge < -0.3 is 34.5 Å². The van der Waals surface area contributed by atoms with E-state index in [2.05, 4.69) is 15.6 Å². The first-order valence-electron chi connectivity index (χ1n) is 15.4. The van der Waals surface area contributed by atoms with Crippen LogP contribution in [0, 0.1) is 5.92 Å². The first-order valence-corrected chi connectivity index (χ1v) is 15.4. The monoisotopic (exact) mass is 622 g/mol. The van der Waals surface area contributed by atoms with Crippen molar-refractivity contribution in [3.63, 3.8) is 0 Å². The summed E-state index contributed by atoms with van der Waals surface area (Å²) in [6.45, 7) is 7.44. The molecule has 5 atom stereocenters. The Kier molecular flexibility index (Phi) is 9.33. The van der Waals surface area contributed by atoms with Gasteiger partial charge in [-0.25, -0.2) is 9.78 Å². The molecule has 242 valence electrons. The molecular weight excluding hydrogens is 580 g/mol. The molecule has 3 amide bonds. The van der Waals surface area contributed by atoms with Gasteiger partial charge >= 0.3 is 6.09 Å². The summed E-state index contributed by atoms with van der Waals surface area (Å²) in [5.74, 6) is -0.152. The van der Waals surface area contributed by atoms with Gasteiger partial charge in [0.05, 0.1) is 20.3 Å². The van der Waals surface area contributed by atoms with Gasteiger partial charge in [-0.05, 0) is 76.6 Å². The Morgan fingerprint density at radius 3 is 2.73 bits per heavy atom. The lowest BCUT2D eigenvalue weighted by Gasteiger charge is -2.30. The van der Waals surface area contributed by atoms with Crippen LogP contribution in [-0.2, 0) is 23.9 Å². The molecule has 2 fully saturated rings. The van der Waals surface area contributed by atoms with E-state index in [4.69, 9.17) is 18.9 Å². The van der Waals surface area contributed by atoms with Gasteiger partial charge in [-0.2, -0.15) is 0 Å². The Morgan fingerprint density at radius 1 is 1.20 bits per heavy atom. The maximum absolute atomic E-state index is 14.2. The molecular formula is C33H42N4O8. The van der Waals surface area contributed by atoms with Crippen LogP contribution >= 0.6 is 0 Å². The minimum absolute atomic E-state index is 0.0740. The Morgan fingerprint density at radius 2 is 2.00 bits per heavy atom. The Balaban J connectivity index is 1.44. The van der Waals surface area contributed by atoms with Crippen LogP contribution in [0.25, 0.3) is 10.8 Å². The summed E-state index contributed by atoms with van der Waals surface area (Å²) >= 11 is 0. The van der Waals surface area contributed by atoms with Crippen molar-refractivity contribution in [3.05, 3.63) is 42.6 Å². The number of benzene rings is 1. The van der Waals surface area contributed by atoms with E-state index < -0.39 is 47.2 Å². The fraction of sp³-hybridized carbons (Fsp3) is 0.545. The number of Topliss-reactive ketones (excluding diaryl/α,β-unsaturated/α-hetero) is 1. The van der Waals surface area contributed by atoms with Gasteiger partial charge in [-0.3, -0.25) is 14.4 Å². The molecule has 0 bridgehead atoms. The van der Waals surface area contributed by atoms with Crippen molar-refractivity contribution in [1.82, 2.24) is 20.5 Å². The summed E-state index contributed by atoms with van der Waals surface area (Å²) in [5.41, 5.74) is -1.81. The number of methoxy groups -OCH3 is 1. The minimum Gasteiger partial charge on any atom is -0.497 e. The first kappa shape index (κ1) is 32.2. The lowest BCUT2D eigenvalue weighted by molar-refractivity contribution is -0.141. The molecule has 1 saturated heterocycles. The molecule has 0 radical (unpaired) electrons. The predicted octanol–water partition coefficient (Wildman–Crippen LogP) is 3.32. The maximum atomic E-state index is 14.2. The molecule has 1 aliphatic carbocycles. The van der Waals surface area contributed by atoms with E-state index in [1.807, 2.05) is 36.4 Å². The highest BCUT2D eigenvalue weighted by Crippen LogP contribution is 2.46. The fourth-order valence-corrected chi connectivity index (χ4v) is 6.01. The molecule has 1 saturated carbocycles. The predicted molar refractivity (Wildman–Crippen MR) is 165 cm³/mol. The molecule has 45 heavy (non-hydrogen) atoms. The van der Waals surface area contributed by atoms with Crippen LogP contribution in [-0.4, -0.2) is 89.8 Å². The Hall–Kier alpha value is -4.19. The smallest absolute Gasteiger partial charge is 0.408 e. The standard InChI is InChI=1S/C33H42N4O8/c1-20(38)33-18-22(33)8-6-14-43-15-7-9-26(35-31(41)45-32(2,3)4)30(40)37-19-24(17-27(37)28(39)36-33)44-29-25-11-10-23(42-5)16-21(25)12-13-34-29/h6,8,10-13,16,22,24,26-27H,7,9,14-15,17-19H2,1-5H3,(H,35,41)(H,36,39)/t22-,24-,26+,27+,33+/m1/s1. The average molecular weight is 623 g/mol. The number of fused-ring (bicyclic) bond motifs is 3. The van der Waals surface area contributed by atoms with Crippen LogP contribution < -0.4 is 20.1 Å². The third-order valence-corrected chi connectivity index (χ3v) is 8.40. The van der Waals surface area contributed by atoms with Gasteiger partial charge in [0.1, 0.15) is 35.1 Å². The van der Waals surface area contributed by atoms with Crippen molar-refractivity contribution in [2.24, 2.45) is 5.92 Å². The van der Waals surface area contributed by atoms with Crippen molar-refractivity contribution in [3.8, 4) is 11.6 Å². The second-order valence-electron chi connectivity index (χ2n) is 12.9. The number of hydrogen-bond acceptors (Lipinski definition) is 9. The molecule has 2 aliphatic heterocycles. The number of ketones is 1. The molecule has 2 aromatic rings. The number of rotatable bonds is 5. The minimum atomic E-state index is -1.04. The fourth-order valence-electron chi connectivity index (χ4n) is 6.01. The molecule has 3 heterocycles. The number of amides is 3. The number of ether oxygens (including phenoxy) is 4. The topological polar surface area (TPSA) is 145 Å². The number of aromatic nitrogens is 1. The highest BCUT2D eigenvalue weighted by Gasteiger charge is 2.59. The van der Waals surface area contributed by atoms with E-state index in [9.17, 15) is 19.2 Å². The summed E-state index contributed by atoms with van der Waals surface area (Å²) in [6, 6.07) is 5.46. The number of carbonyl (C=O) groups excluding carboxylic acids is 4. The lowest BCUT2D eigenvalue weighted by atomic mass is 10.1. The maximum Gasteiger partial charge on any atom is 0.408 e. The molecule has 5 rings (SSSR count). The zero-order valence-electron chi connectivity index (χ0n) is 26.5. The molecule has 2 N–H and O–H groups in total. The molecule has 1 aromatic heterocycles. The SMILES string of the molecule is COc1ccc2c(O[C@@H]3C[C@H]4C(=O)N[C@]5(C(C)=O)C[C@H]5C=CCOCCC[C@H](NC(=O)OC(C)(C)C)C(=O)N4C3)nccc2c1. The summed E-state index contributed by atoms with van der Waals surface area (Å²) < 4.78 is 22.9. The van der Waals surface area contributed by atoms with Crippen LogP contribution in [0.15, 0.2) is 42.6 Å². The van der Waals surface area contributed by atoms with Crippen LogP contribution in [0.4, 0.5) is 4.79 Å². The molecule has 12 heteroatoms. The zero-order valence-corrected chi connectivity index (χ0v) is 26.5. The van der Waals surface area contributed by atoms with Gasteiger partial charge in [0.25, 0.3) is 0 Å². The summed E-state index contributed by atoms with van der Waals surface area (Å²) in [6.07, 6.45) is 5.45. The summed E-state index contributed by atoms with van der Waals surface area (Å²) in [4.78, 5) is 59.5. The number of nitrogens with one attached hydrogen (secondary N) is 2. The van der Waals surface area contributed by atoms with Crippen LogP contribution in [0.1, 0.15) is 53.4 Å². The largest absolute Gasteiger partial charge is 0.497 e. The molecule has 0 spiro atoms. The van der Waals surface area contributed by atoms with Gasteiger partial charge in [0, 0.05) is 30.5 Å². The number of pyridine rings is 1. The molecule has 1 aromatic carbocycles.